The van der Waals surface area contributed by atoms with Gasteiger partial charge in [-0.2, -0.15) is 0 Å². The van der Waals surface area contributed by atoms with Crippen LogP contribution in [0.25, 0.3) is 0 Å². The molecule has 0 amide bonds. The van der Waals surface area contributed by atoms with Gasteiger partial charge in [0.05, 0.1) is 17.2 Å². The summed E-state index contributed by atoms with van der Waals surface area (Å²) in [6.07, 6.45) is 2.74. The summed E-state index contributed by atoms with van der Waals surface area (Å²) >= 11 is 0. The van der Waals surface area contributed by atoms with E-state index in [4.69, 9.17) is 0 Å². The van der Waals surface area contributed by atoms with Crippen LogP contribution in [-0.4, -0.2) is 36.0 Å². The van der Waals surface area contributed by atoms with Crippen LogP contribution < -0.4 is 5.32 Å². The molecule has 1 N–H and O–H groups in total. The van der Waals surface area contributed by atoms with E-state index in [1.165, 1.54) is 0 Å². The summed E-state index contributed by atoms with van der Waals surface area (Å²) in [5.74, 6) is 1.72. The minimum absolute atomic E-state index is 0.228. The third-order valence-corrected chi connectivity index (χ3v) is 4.85. The van der Waals surface area contributed by atoms with Gasteiger partial charge in [-0.15, -0.1) is 0 Å². The maximum Gasteiger partial charge on any atom is 0.203 e. The molecule has 6 heteroatoms. The van der Waals surface area contributed by atoms with E-state index in [1.54, 1.807) is 0 Å². The predicted molar refractivity (Wildman–Crippen MR) is 67.9 cm³/mol. The van der Waals surface area contributed by atoms with Crippen molar-refractivity contribution >= 4 is 15.8 Å². The van der Waals surface area contributed by atoms with Crippen molar-refractivity contribution in [3.05, 3.63) is 11.9 Å². The largest absolute Gasteiger partial charge is 0.356 e. The van der Waals surface area contributed by atoms with Gasteiger partial charge in [0.1, 0.15) is 0 Å². The summed E-state index contributed by atoms with van der Waals surface area (Å²) in [6.45, 7) is 5.53. The summed E-state index contributed by atoms with van der Waals surface area (Å²) in [4.78, 5) is 4.38. The van der Waals surface area contributed by atoms with Gasteiger partial charge >= 0.3 is 0 Å². The van der Waals surface area contributed by atoms with Crippen LogP contribution in [-0.2, 0) is 16.4 Å². The first kappa shape index (κ1) is 12.4. The highest BCUT2D eigenvalue weighted by atomic mass is 32.2. The highest BCUT2D eigenvalue weighted by Gasteiger charge is 2.28. The van der Waals surface area contributed by atoms with Gasteiger partial charge in [0.15, 0.2) is 9.84 Å². The van der Waals surface area contributed by atoms with Gasteiger partial charge < -0.3 is 9.88 Å². The molecule has 0 radical (unpaired) electrons. The summed E-state index contributed by atoms with van der Waals surface area (Å²) in [5.41, 5.74) is 0.960. The Hall–Kier alpha value is -1.04. The van der Waals surface area contributed by atoms with E-state index < -0.39 is 9.84 Å². The number of aromatic nitrogens is 2. The van der Waals surface area contributed by atoms with E-state index in [-0.39, 0.29) is 5.92 Å². The lowest BCUT2D eigenvalue weighted by atomic mass is 10.1. The minimum atomic E-state index is -2.79. The van der Waals surface area contributed by atoms with Gasteiger partial charge in [-0.05, 0) is 26.2 Å². The van der Waals surface area contributed by atoms with Gasteiger partial charge in [-0.1, -0.05) is 0 Å². The van der Waals surface area contributed by atoms with E-state index in [0.717, 1.165) is 31.2 Å². The van der Waals surface area contributed by atoms with E-state index in [1.807, 2.05) is 24.6 Å². The van der Waals surface area contributed by atoms with E-state index in [9.17, 15) is 8.42 Å². The van der Waals surface area contributed by atoms with Crippen LogP contribution in [0, 0.1) is 12.8 Å². The zero-order chi connectivity index (χ0) is 12.5. The van der Waals surface area contributed by atoms with Crippen LogP contribution in [0.2, 0.25) is 0 Å². The molecule has 2 heterocycles. The minimum Gasteiger partial charge on any atom is -0.356 e. The second-order valence-corrected chi connectivity index (χ2v) is 6.89. The summed E-state index contributed by atoms with van der Waals surface area (Å²) in [7, 11) is -2.79. The van der Waals surface area contributed by atoms with Crippen molar-refractivity contribution in [2.75, 3.05) is 23.4 Å². The van der Waals surface area contributed by atoms with Crippen LogP contribution in [0.5, 0.6) is 0 Å². The Kier molecular flexibility index (Phi) is 3.42. The molecule has 1 aromatic heterocycles. The number of nitrogens with one attached hydrogen (secondary N) is 1. The molecule has 2 rings (SSSR count). The van der Waals surface area contributed by atoms with E-state index in [2.05, 4.69) is 10.3 Å². The van der Waals surface area contributed by atoms with Crippen molar-refractivity contribution in [2.24, 2.45) is 5.92 Å². The third-order valence-electron chi connectivity index (χ3n) is 3.01. The molecule has 0 aromatic carbocycles. The number of hydrogen-bond acceptors (Lipinski definition) is 4. The topological polar surface area (TPSA) is 64.0 Å². The molecular weight excluding hydrogens is 238 g/mol. The van der Waals surface area contributed by atoms with Crippen molar-refractivity contribution in [2.45, 2.75) is 26.8 Å². The molecule has 1 fully saturated rings. The SMILES string of the molecule is CCNc1nc(C)cn1CC1CCS(=O)(=O)C1. The average molecular weight is 257 g/mol. The predicted octanol–water partition coefficient (Wildman–Crippen LogP) is 1.06. The van der Waals surface area contributed by atoms with E-state index in [0.29, 0.717) is 11.5 Å². The number of aryl methyl sites for hydroxylation is 1. The first-order chi connectivity index (χ1) is 8.00. The standard InChI is InChI=1S/C11H19N3O2S/c1-3-12-11-13-9(2)6-14(11)7-10-4-5-17(15,16)8-10/h6,10H,3-5,7-8H2,1-2H3,(H,12,13). The van der Waals surface area contributed by atoms with Gasteiger partial charge in [0.2, 0.25) is 5.95 Å². The monoisotopic (exact) mass is 257 g/mol. The first-order valence-electron chi connectivity index (χ1n) is 5.98. The summed E-state index contributed by atoms with van der Waals surface area (Å²) in [6, 6.07) is 0. The normalized spacial score (nSPS) is 22.8. The Bertz CT molecular complexity index is 493. The lowest BCUT2D eigenvalue weighted by molar-refractivity contribution is 0.493. The number of sulfone groups is 1. The number of nitrogens with zero attached hydrogens (tertiary/aromatic N) is 2. The van der Waals surface area contributed by atoms with Gasteiger partial charge in [0, 0.05) is 19.3 Å². The molecule has 1 atom stereocenters. The van der Waals surface area contributed by atoms with Gasteiger partial charge in [-0.3, -0.25) is 0 Å². The second-order valence-electron chi connectivity index (χ2n) is 4.66. The van der Waals surface area contributed by atoms with Crippen molar-refractivity contribution in [3.8, 4) is 0 Å². The maximum absolute atomic E-state index is 11.4. The summed E-state index contributed by atoms with van der Waals surface area (Å²) < 4.78 is 24.8. The molecule has 0 aliphatic carbocycles. The molecule has 0 spiro atoms. The number of anilines is 1. The van der Waals surface area contributed by atoms with Crippen LogP contribution in [0.3, 0.4) is 0 Å². The Morgan fingerprint density at radius 3 is 2.94 bits per heavy atom. The van der Waals surface area contributed by atoms with Crippen molar-refractivity contribution in [1.29, 1.82) is 0 Å². The zero-order valence-corrected chi connectivity index (χ0v) is 11.1. The van der Waals surface area contributed by atoms with Crippen molar-refractivity contribution in [3.63, 3.8) is 0 Å². The first-order valence-corrected chi connectivity index (χ1v) is 7.80. The average Bonchev–Trinajstić information content (AvgIpc) is 2.72. The number of imidazole rings is 1. The lowest BCUT2D eigenvalue weighted by Gasteiger charge is -2.12. The molecule has 1 aliphatic heterocycles. The zero-order valence-electron chi connectivity index (χ0n) is 10.3. The molecule has 1 unspecified atom stereocenters. The molecule has 1 saturated heterocycles. The molecule has 1 aliphatic rings. The molecular formula is C11H19N3O2S. The molecule has 0 bridgehead atoms. The highest BCUT2D eigenvalue weighted by molar-refractivity contribution is 7.91. The fourth-order valence-electron chi connectivity index (χ4n) is 2.28. The molecule has 0 saturated carbocycles. The summed E-state index contributed by atoms with van der Waals surface area (Å²) in [5, 5.41) is 3.19. The second kappa shape index (κ2) is 4.68. The molecule has 5 nitrogen and oxygen atoms in total. The highest BCUT2D eigenvalue weighted by Crippen LogP contribution is 2.22. The maximum atomic E-state index is 11.4. The molecule has 96 valence electrons. The molecule has 17 heavy (non-hydrogen) atoms. The van der Waals surface area contributed by atoms with Crippen LogP contribution >= 0.6 is 0 Å². The Balaban J connectivity index is 2.08. The fraction of sp³-hybridized carbons (Fsp3) is 0.727. The molecule has 1 aromatic rings. The number of hydrogen-bond donors (Lipinski definition) is 1. The van der Waals surface area contributed by atoms with Crippen molar-refractivity contribution < 1.29 is 8.42 Å². The van der Waals surface area contributed by atoms with Crippen LogP contribution in [0.1, 0.15) is 19.0 Å². The van der Waals surface area contributed by atoms with Crippen LogP contribution in [0.15, 0.2) is 6.20 Å². The Morgan fingerprint density at radius 1 is 1.59 bits per heavy atom. The van der Waals surface area contributed by atoms with Gasteiger partial charge in [0.25, 0.3) is 0 Å². The smallest absolute Gasteiger partial charge is 0.203 e. The van der Waals surface area contributed by atoms with Gasteiger partial charge in [-0.25, -0.2) is 13.4 Å². The Labute approximate surface area is 102 Å². The third kappa shape index (κ3) is 3.00. The van der Waals surface area contributed by atoms with Crippen molar-refractivity contribution in [1.82, 2.24) is 9.55 Å². The number of rotatable bonds is 4. The fourth-order valence-corrected chi connectivity index (χ4v) is 4.13. The van der Waals surface area contributed by atoms with E-state index >= 15 is 0 Å². The lowest BCUT2D eigenvalue weighted by Crippen LogP contribution is -2.14. The van der Waals surface area contributed by atoms with Crippen LogP contribution in [0.4, 0.5) is 5.95 Å². The quantitative estimate of drug-likeness (QED) is 0.876. The Morgan fingerprint density at radius 2 is 2.35 bits per heavy atom.